The van der Waals surface area contributed by atoms with Crippen LogP contribution in [0.5, 0.6) is 0 Å². The van der Waals surface area contributed by atoms with Crippen LogP contribution in [-0.4, -0.2) is 18.8 Å². The molecule has 1 atom stereocenters. The topological polar surface area (TPSA) is 18.5 Å². The van der Waals surface area contributed by atoms with Crippen molar-refractivity contribution >= 4 is 0 Å². The van der Waals surface area contributed by atoms with Gasteiger partial charge in [-0.3, -0.25) is 0 Å². The van der Waals surface area contributed by atoms with Crippen LogP contribution in [0.3, 0.4) is 0 Å². The second-order valence-electron chi connectivity index (χ2n) is 3.19. The fraction of sp³-hybridized carbons (Fsp3) is 0.778. The van der Waals surface area contributed by atoms with Crippen LogP contribution in [0.1, 0.15) is 26.2 Å². The maximum absolute atomic E-state index is 5.57. The molecule has 0 bridgehead atoms. The molecule has 11 heavy (non-hydrogen) atoms. The van der Waals surface area contributed by atoms with Crippen molar-refractivity contribution in [1.82, 2.24) is 0 Å². The highest BCUT2D eigenvalue weighted by atomic mass is 16.5. The molecule has 2 heteroatoms. The van der Waals surface area contributed by atoms with Crippen LogP contribution in [0.2, 0.25) is 0 Å². The Morgan fingerprint density at radius 2 is 2.55 bits per heavy atom. The lowest BCUT2D eigenvalue weighted by molar-refractivity contribution is -0.000446. The molecule has 0 amide bonds. The van der Waals surface area contributed by atoms with E-state index in [1.807, 2.05) is 0 Å². The van der Waals surface area contributed by atoms with Gasteiger partial charge in [0.05, 0.1) is 18.5 Å². The van der Waals surface area contributed by atoms with Crippen LogP contribution >= 0.6 is 0 Å². The molecule has 0 N–H and O–H groups in total. The van der Waals surface area contributed by atoms with Crippen LogP contribution < -0.4 is 0 Å². The van der Waals surface area contributed by atoms with Gasteiger partial charge in [-0.25, -0.2) is 0 Å². The third-order valence-electron chi connectivity index (χ3n) is 2.17. The van der Waals surface area contributed by atoms with Crippen LogP contribution in [0, 0.1) is 0 Å². The predicted octanol–water partition coefficient (Wildman–Crippen LogP) is 2.11. The highest BCUT2D eigenvalue weighted by Crippen LogP contribution is 2.28. The smallest absolute Gasteiger partial charge is 0.0900 e. The van der Waals surface area contributed by atoms with Gasteiger partial charge in [0.2, 0.25) is 0 Å². The van der Waals surface area contributed by atoms with E-state index in [1.165, 1.54) is 12.7 Å². The van der Waals surface area contributed by atoms with Crippen molar-refractivity contribution in [3.63, 3.8) is 0 Å². The van der Waals surface area contributed by atoms with Crippen molar-refractivity contribution in [3.8, 4) is 0 Å². The van der Waals surface area contributed by atoms with E-state index in [1.54, 1.807) is 0 Å². The van der Waals surface area contributed by atoms with Crippen molar-refractivity contribution < 1.29 is 9.47 Å². The summed E-state index contributed by atoms with van der Waals surface area (Å²) >= 11 is 0. The Balaban J connectivity index is 2.17. The summed E-state index contributed by atoms with van der Waals surface area (Å²) in [6.07, 6.45) is 4.80. The van der Waals surface area contributed by atoms with Crippen molar-refractivity contribution in [2.75, 3.05) is 13.2 Å². The first kappa shape index (κ1) is 8.60. The van der Waals surface area contributed by atoms with E-state index in [-0.39, 0.29) is 5.60 Å². The Morgan fingerprint density at radius 3 is 3.09 bits per heavy atom. The minimum atomic E-state index is 0.0724. The first-order valence-electron chi connectivity index (χ1n) is 4.13. The van der Waals surface area contributed by atoms with Crippen molar-refractivity contribution in [2.45, 2.75) is 31.8 Å². The summed E-state index contributed by atoms with van der Waals surface area (Å²) in [6, 6.07) is 0. The molecule has 1 rings (SSSR count). The Bertz CT molecular complexity index is 126. The molecule has 1 heterocycles. The average Bonchev–Trinajstić information content (AvgIpc) is 2.38. The minimum absolute atomic E-state index is 0.0724. The van der Waals surface area contributed by atoms with Crippen molar-refractivity contribution in [2.24, 2.45) is 0 Å². The fourth-order valence-electron chi connectivity index (χ4n) is 1.39. The quantitative estimate of drug-likeness (QED) is 0.458. The SMILES string of the molecule is C=COCCC1(C)CCCO1. The molecule has 0 aliphatic carbocycles. The van der Waals surface area contributed by atoms with Gasteiger partial charge < -0.3 is 9.47 Å². The summed E-state index contributed by atoms with van der Waals surface area (Å²) in [4.78, 5) is 0. The van der Waals surface area contributed by atoms with E-state index in [4.69, 9.17) is 9.47 Å². The zero-order chi connectivity index (χ0) is 8.16. The Kier molecular flexibility index (Phi) is 2.94. The molecule has 0 spiro atoms. The van der Waals surface area contributed by atoms with Gasteiger partial charge in [-0.05, 0) is 19.8 Å². The highest BCUT2D eigenvalue weighted by Gasteiger charge is 2.29. The summed E-state index contributed by atoms with van der Waals surface area (Å²) in [7, 11) is 0. The molecule has 1 aliphatic heterocycles. The molecule has 0 aromatic heterocycles. The fourth-order valence-corrected chi connectivity index (χ4v) is 1.39. The Labute approximate surface area is 68.2 Å². The first-order valence-corrected chi connectivity index (χ1v) is 4.13. The standard InChI is InChI=1S/C9H16O2/c1-3-10-8-6-9(2)5-4-7-11-9/h3H,1,4-8H2,2H3. The molecule has 1 saturated heterocycles. The second kappa shape index (κ2) is 3.77. The minimum Gasteiger partial charge on any atom is -0.502 e. The third-order valence-corrected chi connectivity index (χ3v) is 2.17. The van der Waals surface area contributed by atoms with E-state index >= 15 is 0 Å². The third kappa shape index (κ3) is 2.54. The molecule has 1 unspecified atom stereocenters. The van der Waals surface area contributed by atoms with Gasteiger partial charge in [0.1, 0.15) is 0 Å². The van der Waals surface area contributed by atoms with Crippen LogP contribution in [0.4, 0.5) is 0 Å². The normalized spacial score (nSPS) is 30.3. The van der Waals surface area contributed by atoms with Crippen LogP contribution in [0.15, 0.2) is 12.8 Å². The van der Waals surface area contributed by atoms with Gasteiger partial charge in [-0.1, -0.05) is 6.58 Å². The lowest BCUT2D eigenvalue weighted by Gasteiger charge is -2.22. The van der Waals surface area contributed by atoms with Crippen LogP contribution in [0.25, 0.3) is 0 Å². The van der Waals surface area contributed by atoms with Gasteiger partial charge in [0.15, 0.2) is 0 Å². The maximum Gasteiger partial charge on any atom is 0.0900 e. The zero-order valence-electron chi connectivity index (χ0n) is 7.14. The Morgan fingerprint density at radius 1 is 1.73 bits per heavy atom. The van der Waals surface area contributed by atoms with Gasteiger partial charge >= 0.3 is 0 Å². The van der Waals surface area contributed by atoms with Gasteiger partial charge in [0, 0.05) is 13.0 Å². The molecule has 2 nitrogen and oxygen atoms in total. The lowest BCUT2D eigenvalue weighted by atomic mass is 9.99. The lowest BCUT2D eigenvalue weighted by Crippen LogP contribution is -2.24. The maximum atomic E-state index is 5.57. The largest absolute Gasteiger partial charge is 0.502 e. The zero-order valence-corrected chi connectivity index (χ0v) is 7.14. The molecule has 0 aromatic rings. The summed E-state index contributed by atoms with van der Waals surface area (Å²) in [5.41, 5.74) is 0.0724. The predicted molar refractivity (Wildman–Crippen MR) is 44.4 cm³/mol. The molecule has 64 valence electrons. The average molecular weight is 156 g/mol. The molecular formula is C9H16O2. The molecule has 0 saturated carbocycles. The molecule has 1 aliphatic rings. The molecule has 1 fully saturated rings. The summed E-state index contributed by atoms with van der Waals surface area (Å²) < 4.78 is 10.6. The van der Waals surface area contributed by atoms with Crippen molar-refractivity contribution in [1.29, 1.82) is 0 Å². The van der Waals surface area contributed by atoms with Crippen molar-refractivity contribution in [3.05, 3.63) is 12.8 Å². The van der Waals surface area contributed by atoms with E-state index in [0.29, 0.717) is 0 Å². The summed E-state index contributed by atoms with van der Waals surface area (Å²) in [6.45, 7) is 7.26. The monoisotopic (exact) mass is 156 g/mol. The number of hydrogen-bond acceptors (Lipinski definition) is 2. The molecule has 0 radical (unpaired) electrons. The van der Waals surface area contributed by atoms with Gasteiger partial charge in [0.25, 0.3) is 0 Å². The molecular weight excluding hydrogens is 140 g/mol. The summed E-state index contributed by atoms with van der Waals surface area (Å²) in [5.74, 6) is 0. The van der Waals surface area contributed by atoms with E-state index < -0.39 is 0 Å². The highest BCUT2D eigenvalue weighted by molar-refractivity contribution is 4.79. The van der Waals surface area contributed by atoms with Crippen LogP contribution in [-0.2, 0) is 9.47 Å². The number of ether oxygens (including phenoxy) is 2. The summed E-state index contributed by atoms with van der Waals surface area (Å²) in [5, 5.41) is 0. The number of rotatable bonds is 4. The van der Waals surface area contributed by atoms with Gasteiger partial charge in [-0.2, -0.15) is 0 Å². The van der Waals surface area contributed by atoms with E-state index in [2.05, 4.69) is 13.5 Å². The second-order valence-corrected chi connectivity index (χ2v) is 3.19. The first-order chi connectivity index (χ1) is 5.27. The van der Waals surface area contributed by atoms with E-state index in [0.717, 1.165) is 26.1 Å². The number of hydrogen-bond donors (Lipinski definition) is 0. The van der Waals surface area contributed by atoms with E-state index in [9.17, 15) is 0 Å². The molecule has 0 aromatic carbocycles. The van der Waals surface area contributed by atoms with Gasteiger partial charge in [-0.15, -0.1) is 0 Å². The Hall–Kier alpha value is -0.500.